The van der Waals surface area contributed by atoms with Gasteiger partial charge in [-0.3, -0.25) is 9.59 Å². The van der Waals surface area contributed by atoms with Gasteiger partial charge in [-0.25, -0.2) is 0 Å². The summed E-state index contributed by atoms with van der Waals surface area (Å²) in [4.78, 5) is 23.9. The summed E-state index contributed by atoms with van der Waals surface area (Å²) in [6, 6.07) is 3.31. The lowest BCUT2D eigenvalue weighted by Gasteiger charge is -2.26. The fourth-order valence-corrected chi connectivity index (χ4v) is 3.19. The van der Waals surface area contributed by atoms with Crippen molar-refractivity contribution in [3.05, 3.63) is 40.2 Å². The molecule has 0 amide bonds. The Kier molecular flexibility index (Phi) is 4.16. The molecule has 112 valence electrons. The van der Waals surface area contributed by atoms with Crippen LogP contribution in [0.25, 0.3) is 0 Å². The first kappa shape index (κ1) is 15.3. The quantitative estimate of drug-likeness (QED) is 0.837. The zero-order valence-corrected chi connectivity index (χ0v) is 12.6. The smallest absolute Gasteiger partial charge is 0.170 e. The lowest BCUT2D eigenvalue weighted by molar-refractivity contribution is -0.122. The first-order valence-electron chi connectivity index (χ1n) is 7.13. The maximum Gasteiger partial charge on any atom is 0.170 e. The number of rotatable bonds is 3. The summed E-state index contributed by atoms with van der Waals surface area (Å²) in [5.74, 6) is -0.642. The Labute approximate surface area is 124 Å². The summed E-state index contributed by atoms with van der Waals surface area (Å²) in [7, 11) is 0. The highest BCUT2D eigenvalue weighted by Gasteiger charge is 2.32. The lowest BCUT2D eigenvalue weighted by atomic mass is 9.78. The summed E-state index contributed by atoms with van der Waals surface area (Å²) in [5.41, 5.74) is 2.73. The van der Waals surface area contributed by atoms with Gasteiger partial charge in [-0.1, -0.05) is 6.92 Å². The van der Waals surface area contributed by atoms with Gasteiger partial charge in [-0.2, -0.15) is 0 Å². The van der Waals surface area contributed by atoms with Crippen molar-refractivity contribution in [2.45, 2.75) is 46.0 Å². The predicted octanol–water partition coefficient (Wildman–Crippen LogP) is 3.25. The predicted molar refractivity (Wildman–Crippen MR) is 79.5 cm³/mol. The summed E-state index contributed by atoms with van der Waals surface area (Å²) in [5, 5.41) is 19.7. The first-order chi connectivity index (χ1) is 9.85. The molecule has 1 aliphatic carbocycles. The Balaban J connectivity index is 2.41. The maximum atomic E-state index is 12.2. The van der Waals surface area contributed by atoms with Crippen LogP contribution in [0, 0.1) is 13.8 Å². The van der Waals surface area contributed by atoms with E-state index in [1.54, 1.807) is 19.1 Å². The van der Waals surface area contributed by atoms with E-state index < -0.39 is 0 Å². The molecule has 0 fully saturated rings. The number of ketones is 2. The van der Waals surface area contributed by atoms with Gasteiger partial charge in [-0.15, -0.1) is 0 Å². The van der Waals surface area contributed by atoms with Gasteiger partial charge in [0.05, 0.1) is 5.57 Å². The van der Waals surface area contributed by atoms with Gasteiger partial charge in [0.1, 0.15) is 11.5 Å². The number of aromatic hydroxyl groups is 1. The number of benzene rings is 1. The molecule has 0 saturated carbocycles. The normalized spacial score (nSPS) is 19.0. The number of Topliss-reactive ketones (excluding diaryl/α,β-unsaturated/α-hetero) is 2. The number of carbonyl (C=O) groups excluding carboxylic acids is 2. The summed E-state index contributed by atoms with van der Waals surface area (Å²) in [6.45, 7) is 5.43. The number of phenols is 1. The average Bonchev–Trinajstić information content (AvgIpc) is 2.36. The molecule has 1 aromatic rings. The molecule has 21 heavy (non-hydrogen) atoms. The zero-order chi connectivity index (χ0) is 15.7. The van der Waals surface area contributed by atoms with Gasteiger partial charge in [0.25, 0.3) is 0 Å². The van der Waals surface area contributed by atoms with E-state index in [0.29, 0.717) is 6.42 Å². The Morgan fingerprint density at radius 3 is 2.24 bits per heavy atom. The lowest BCUT2D eigenvalue weighted by Crippen LogP contribution is -2.24. The molecule has 1 aliphatic rings. The molecule has 1 aromatic carbocycles. The number of phenolic OH excluding ortho intramolecular Hbond substituents is 1. The minimum Gasteiger partial charge on any atom is -0.511 e. The second-order valence-electron chi connectivity index (χ2n) is 5.62. The third-order valence-corrected chi connectivity index (χ3v) is 4.03. The van der Waals surface area contributed by atoms with Crippen LogP contribution in [0.5, 0.6) is 5.75 Å². The summed E-state index contributed by atoms with van der Waals surface area (Å²) >= 11 is 0. The van der Waals surface area contributed by atoms with E-state index in [4.69, 9.17) is 0 Å². The van der Waals surface area contributed by atoms with Gasteiger partial charge in [0, 0.05) is 19.3 Å². The number of aliphatic hydroxyl groups excluding tert-OH is 1. The third-order valence-electron chi connectivity index (χ3n) is 4.03. The molecule has 0 heterocycles. The highest BCUT2D eigenvalue weighted by Crippen LogP contribution is 2.38. The number of allylic oxidation sites excluding steroid dienone is 2. The van der Waals surface area contributed by atoms with Crippen LogP contribution >= 0.6 is 0 Å². The van der Waals surface area contributed by atoms with E-state index in [-0.39, 0.29) is 47.4 Å². The van der Waals surface area contributed by atoms with Crippen LogP contribution in [0.4, 0.5) is 0 Å². The molecule has 1 unspecified atom stereocenters. The Hall–Kier alpha value is -2.10. The molecule has 0 bridgehead atoms. The molecule has 0 saturated heterocycles. The van der Waals surface area contributed by atoms with Crippen LogP contribution in [0.2, 0.25) is 0 Å². The Morgan fingerprint density at radius 2 is 1.76 bits per heavy atom. The fraction of sp³-hybridized carbons (Fsp3) is 0.412. The minimum atomic E-state index is -0.296. The van der Waals surface area contributed by atoms with Crippen LogP contribution in [0.15, 0.2) is 23.5 Å². The standard InChI is InChI=1S/C17H20O4/c1-4-13(19)17-14(20)7-11(8-15(17)21)16-9(2)5-12(18)6-10(16)3/h5-6,11,18,20H,4,7-8H2,1-3H3. The topological polar surface area (TPSA) is 74.6 Å². The van der Waals surface area contributed by atoms with E-state index in [2.05, 4.69) is 0 Å². The highest BCUT2D eigenvalue weighted by atomic mass is 16.3. The number of aliphatic hydroxyl groups is 1. The largest absolute Gasteiger partial charge is 0.511 e. The summed E-state index contributed by atoms with van der Waals surface area (Å²) < 4.78 is 0. The minimum absolute atomic E-state index is 0.0252. The van der Waals surface area contributed by atoms with Gasteiger partial charge in [0.15, 0.2) is 11.6 Å². The zero-order valence-electron chi connectivity index (χ0n) is 12.6. The van der Waals surface area contributed by atoms with Crippen LogP contribution in [0.1, 0.15) is 48.8 Å². The van der Waals surface area contributed by atoms with Crippen molar-refractivity contribution in [1.29, 1.82) is 0 Å². The molecule has 2 N–H and O–H groups in total. The first-order valence-corrected chi connectivity index (χ1v) is 7.13. The van der Waals surface area contributed by atoms with E-state index in [1.807, 2.05) is 13.8 Å². The average molecular weight is 288 g/mol. The third kappa shape index (κ3) is 2.84. The molecule has 1 atom stereocenters. The summed E-state index contributed by atoms with van der Waals surface area (Å²) in [6.07, 6.45) is 0.726. The van der Waals surface area contributed by atoms with Gasteiger partial charge >= 0.3 is 0 Å². The highest BCUT2D eigenvalue weighted by molar-refractivity contribution is 6.21. The van der Waals surface area contributed by atoms with Crippen molar-refractivity contribution in [3.8, 4) is 5.75 Å². The maximum absolute atomic E-state index is 12.2. The Bertz CT molecular complexity index is 617. The molecular formula is C17H20O4. The molecule has 0 aromatic heterocycles. The van der Waals surface area contributed by atoms with Crippen LogP contribution in [0.3, 0.4) is 0 Å². The molecular weight excluding hydrogens is 268 g/mol. The van der Waals surface area contributed by atoms with Crippen molar-refractivity contribution in [3.63, 3.8) is 0 Å². The fourth-order valence-electron chi connectivity index (χ4n) is 3.19. The molecule has 0 radical (unpaired) electrons. The van der Waals surface area contributed by atoms with Gasteiger partial charge in [0.2, 0.25) is 0 Å². The van der Waals surface area contributed by atoms with E-state index in [1.165, 1.54) is 0 Å². The van der Waals surface area contributed by atoms with E-state index in [9.17, 15) is 19.8 Å². The molecule has 0 aliphatic heterocycles. The number of aryl methyl sites for hydroxylation is 2. The van der Waals surface area contributed by atoms with Crippen molar-refractivity contribution in [1.82, 2.24) is 0 Å². The van der Waals surface area contributed by atoms with Gasteiger partial charge in [-0.05, 0) is 48.6 Å². The molecule has 2 rings (SSSR count). The second-order valence-corrected chi connectivity index (χ2v) is 5.62. The molecule has 4 nitrogen and oxygen atoms in total. The van der Waals surface area contributed by atoms with Crippen LogP contribution in [-0.4, -0.2) is 21.8 Å². The molecule has 4 heteroatoms. The molecule has 0 spiro atoms. The van der Waals surface area contributed by atoms with Crippen molar-refractivity contribution in [2.75, 3.05) is 0 Å². The van der Waals surface area contributed by atoms with E-state index >= 15 is 0 Å². The van der Waals surface area contributed by atoms with E-state index in [0.717, 1.165) is 16.7 Å². The number of hydrogen-bond donors (Lipinski definition) is 2. The SMILES string of the molecule is CCC(=O)C1=C(O)CC(c2c(C)cc(O)cc2C)CC1=O. The van der Waals surface area contributed by atoms with Crippen molar-refractivity contribution >= 4 is 11.6 Å². The van der Waals surface area contributed by atoms with Crippen molar-refractivity contribution < 1.29 is 19.8 Å². The van der Waals surface area contributed by atoms with Gasteiger partial charge < -0.3 is 10.2 Å². The van der Waals surface area contributed by atoms with Crippen LogP contribution in [-0.2, 0) is 9.59 Å². The monoisotopic (exact) mass is 288 g/mol. The number of carbonyl (C=O) groups is 2. The van der Waals surface area contributed by atoms with Crippen LogP contribution < -0.4 is 0 Å². The second kappa shape index (κ2) is 5.72. The van der Waals surface area contributed by atoms with Crippen molar-refractivity contribution in [2.24, 2.45) is 0 Å². The Morgan fingerprint density at radius 1 is 1.19 bits per heavy atom. The number of hydrogen-bond acceptors (Lipinski definition) is 4.